The van der Waals surface area contributed by atoms with Gasteiger partial charge in [0.1, 0.15) is 0 Å². The Bertz CT molecular complexity index is 681. The van der Waals surface area contributed by atoms with Crippen molar-refractivity contribution in [2.75, 3.05) is 5.32 Å². The lowest BCUT2D eigenvalue weighted by Gasteiger charge is -2.07. The van der Waals surface area contributed by atoms with E-state index in [0.717, 1.165) is 22.9 Å². The summed E-state index contributed by atoms with van der Waals surface area (Å²) in [4.78, 5) is 5.61. The number of nitrogens with zero attached hydrogens (tertiary/aromatic N) is 2. The average Bonchev–Trinajstić information content (AvgIpc) is 2.87. The molecule has 0 fully saturated rings. The molecule has 0 unspecified atom stereocenters. The number of benzene rings is 1. The van der Waals surface area contributed by atoms with Crippen molar-refractivity contribution < 1.29 is 0 Å². The number of anilines is 1. The summed E-state index contributed by atoms with van der Waals surface area (Å²) in [5, 5.41) is 5.52. The maximum absolute atomic E-state index is 4.54. The van der Waals surface area contributed by atoms with E-state index in [2.05, 4.69) is 64.4 Å². The van der Waals surface area contributed by atoms with Crippen LogP contribution in [0.15, 0.2) is 35.8 Å². The van der Waals surface area contributed by atoms with Gasteiger partial charge in [0.2, 0.25) is 0 Å². The predicted molar refractivity (Wildman–Crippen MR) is 76.3 cm³/mol. The molecule has 0 saturated heterocycles. The number of aromatic nitrogens is 2. The maximum atomic E-state index is 4.54. The van der Waals surface area contributed by atoms with Gasteiger partial charge >= 0.3 is 0 Å². The van der Waals surface area contributed by atoms with Crippen LogP contribution in [-0.4, -0.2) is 9.38 Å². The molecule has 2 aromatic heterocycles. The van der Waals surface area contributed by atoms with Gasteiger partial charge in [-0.3, -0.25) is 4.40 Å². The SMILES string of the molecule is Cc1cccc(NCc2c(C)nc3sccn23)c1. The van der Waals surface area contributed by atoms with Crippen LogP contribution in [0.1, 0.15) is 17.0 Å². The summed E-state index contributed by atoms with van der Waals surface area (Å²) in [6.45, 7) is 4.96. The van der Waals surface area contributed by atoms with E-state index in [9.17, 15) is 0 Å². The molecule has 18 heavy (non-hydrogen) atoms. The molecule has 0 radical (unpaired) electrons. The number of thiazole rings is 1. The zero-order chi connectivity index (χ0) is 12.5. The van der Waals surface area contributed by atoms with Crippen molar-refractivity contribution in [2.24, 2.45) is 0 Å². The molecule has 0 bridgehead atoms. The van der Waals surface area contributed by atoms with Crippen LogP contribution in [0.5, 0.6) is 0 Å². The Balaban J connectivity index is 1.84. The Morgan fingerprint density at radius 3 is 3.06 bits per heavy atom. The summed E-state index contributed by atoms with van der Waals surface area (Å²) in [6, 6.07) is 8.42. The second-order valence-electron chi connectivity index (χ2n) is 4.42. The van der Waals surface area contributed by atoms with Crippen LogP contribution in [0.3, 0.4) is 0 Å². The summed E-state index contributed by atoms with van der Waals surface area (Å²) >= 11 is 1.67. The summed E-state index contributed by atoms with van der Waals surface area (Å²) in [6.07, 6.45) is 2.08. The fraction of sp³-hybridized carbons (Fsp3) is 0.214. The first-order valence-corrected chi connectivity index (χ1v) is 6.83. The average molecular weight is 257 g/mol. The van der Waals surface area contributed by atoms with Crippen LogP contribution in [0.25, 0.3) is 4.96 Å². The van der Waals surface area contributed by atoms with Crippen LogP contribution in [0.2, 0.25) is 0 Å². The highest BCUT2D eigenvalue weighted by Gasteiger charge is 2.08. The number of fused-ring (bicyclic) bond motifs is 1. The van der Waals surface area contributed by atoms with E-state index in [0.29, 0.717) is 0 Å². The Morgan fingerprint density at radius 1 is 1.33 bits per heavy atom. The van der Waals surface area contributed by atoms with Gasteiger partial charge in [0.05, 0.1) is 17.9 Å². The van der Waals surface area contributed by atoms with Gasteiger partial charge in [-0.05, 0) is 31.5 Å². The van der Waals surface area contributed by atoms with Crippen molar-refractivity contribution in [3.05, 3.63) is 52.8 Å². The van der Waals surface area contributed by atoms with Gasteiger partial charge in [-0.15, -0.1) is 11.3 Å². The number of aryl methyl sites for hydroxylation is 2. The third-order valence-corrected chi connectivity index (χ3v) is 3.80. The van der Waals surface area contributed by atoms with Crippen molar-refractivity contribution in [3.8, 4) is 0 Å². The van der Waals surface area contributed by atoms with Crippen LogP contribution in [0.4, 0.5) is 5.69 Å². The van der Waals surface area contributed by atoms with E-state index in [1.165, 1.54) is 11.3 Å². The highest BCUT2D eigenvalue weighted by Crippen LogP contribution is 2.18. The second-order valence-corrected chi connectivity index (χ2v) is 5.30. The van der Waals surface area contributed by atoms with Crippen LogP contribution in [0, 0.1) is 13.8 Å². The van der Waals surface area contributed by atoms with Gasteiger partial charge in [0, 0.05) is 17.3 Å². The lowest BCUT2D eigenvalue weighted by Crippen LogP contribution is -2.03. The largest absolute Gasteiger partial charge is 0.379 e. The molecule has 0 amide bonds. The smallest absolute Gasteiger partial charge is 0.194 e. The minimum absolute atomic E-state index is 0.799. The van der Waals surface area contributed by atoms with Crippen LogP contribution >= 0.6 is 11.3 Å². The molecule has 0 atom stereocenters. The van der Waals surface area contributed by atoms with E-state index >= 15 is 0 Å². The number of rotatable bonds is 3. The highest BCUT2D eigenvalue weighted by atomic mass is 32.1. The molecule has 0 aliphatic carbocycles. The quantitative estimate of drug-likeness (QED) is 0.776. The normalized spacial score (nSPS) is 11.0. The predicted octanol–water partition coefficient (Wildman–Crippen LogP) is 3.62. The lowest BCUT2D eigenvalue weighted by molar-refractivity contribution is 0.994. The van der Waals surface area contributed by atoms with Gasteiger partial charge < -0.3 is 5.32 Å². The van der Waals surface area contributed by atoms with Gasteiger partial charge in [-0.2, -0.15) is 0 Å². The van der Waals surface area contributed by atoms with Crippen molar-refractivity contribution in [2.45, 2.75) is 20.4 Å². The highest BCUT2D eigenvalue weighted by molar-refractivity contribution is 7.15. The Labute approximate surface area is 110 Å². The van der Waals surface area contributed by atoms with Crippen molar-refractivity contribution >= 4 is 22.0 Å². The first kappa shape index (κ1) is 11.3. The Morgan fingerprint density at radius 2 is 2.22 bits per heavy atom. The van der Waals surface area contributed by atoms with Gasteiger partial charge in [-0.1, -0.05) is 12.1 Å². The third-order valence-electron chi connectivity index (χ3n) is 3.04. The van der Waals surface area contributed by atoms with Crippen molar-refractivity contribution in [1.29, 1.82) is 0 Å². The Hall–Kier alpha value is -1.81. The number of imidazole rings is 1. The molecule has 1 aromatic carbocycles. The summed E-state index contributed by atoms with van der Waals surface area (Å²) in [5.74, 6) is 0. The standard InChI is InChI=1S/C14H15N3S/c1-10-4-3-5-12(8-10)15-9-13-11(2)16-14-17(13)6-7-18-14/h3-8,15H,9H2,1-2H3. The molecule has 0 spiro atoms. The van der Waals surface area contributed by atoms with Gasteiger partial charge in [0.25, 0.3) is 0 Å². The van der Waals surface area contributed by atoms with E-state index in [1.54, 1.807) is 11.3 Å². The molecule has 92 valence electrons. The molecule has 3 nitrogen and oxygen atoms in total. The fourth-order valence-corrected chi connectivity index (χ4v) is 2.87. The number of nitrogens with one attached hydrogen (secondary N) is 1. The maximum Gasteiger partial charge on any atom is 0.194 e. The molecule has 1 N–H and O–H groups in total. The fourth-order valence-electron chi connectivity index (χ4n) is 2.09. The van der Waals surface area contributed by atoms with E-state index in [4.69, 9.17) is 0 Å². The number of hydrogen-bond acceptors (Lipinski definition) is 3. The van der Waals surface area contributed by atoms with Gasteiger partial charge in [0.15, 0.2) is 4.96 Å². The molecule has 0 aliphatic heterocycles. The Kier molecular flexibility index (Phi) is 2.80. The molecular weight excluding hydrogens is 242 g/mol. The zero-order valence-electron chi connectivity index (χ0n) is 10.5. The summed E-state index contributed by atoms with van der Waals surface area (Å²) in [7, 11) is 0. The van der Waals surface area contributed by atoms with Crippen LogP contribution in [-0.2, 0) is 6.54 Å². The molecule has 3 aromatic rings. The monoisotopic (exact) mass is 257 g/mol. The van der Waals surface area contributed by atoms with E-state index < -0.39 is 0 Å². The van der Waals surface area contributed by atoms with Crippen molar-refractivity contribution in [1.82, 2.24) is 9.38 Å². The molecule has 4 heteroatoms. The van der Waals surface area contributed by atoms with Crippen molar-refractivity contribution in [3.63, 3.8) is 0 Å². The molecule has 2 heterocycles. The van der Waals surface area contributed by atoms with E-state index in [1.807, 2.05) is 0 Å². The van der Waals surface area contributed by atoms with Crippen LogP contribution < -0.4 is 5.32 Å². The second kappa shape index (κ2) is 4.46. The van der Waals surface area contributed by atoms with E-state index in [-0.39, 0.29) is 0 Å². The minimum atomic E-state index is 0.799. The first-order chi connectivity index (χ1) is 8.74. The third kappa shape index (κ3) is 1.99. The molecule has 0 aliphatic rings. The molecule has 3 rings (SSSR count). The first-order valence-electron chi connectivity index (χ1n) is 5.95. The topological polar surface area (TPSA) is 29.3 Å². The molecular formula is C14H15N3S. The molecule has 0 saturated carbocycles. The lowest BCUT2D eigenvalue weighted by atomic mass is 10.2. The summed E-state index contributed by atoms with van der Waals surface area (Å²) < 4.78 is 2.16. The minimum Gasteiger partial charge on any atom is -0.379 e. The summed E-state index contributed by atoms with van der Waals surface area (Å²) in [5.41, 5.74) is 4.75. The zero-order valence-corrected chi connectivity index (χ0v) is 11.3. The number of hydrogen-bond donors (Lipinski definition) is 1. The van der Waals surface area contributed by atoms with Gasteiger partial charge in [-0.25, -0.2) is 4.98 Å².